The molecule has 0 bridgehead atoms. The molecule has 0 aromatic carbocycles. The fourth-order valence-electron chi connectivity index (χ4n) is 1.77. The molecule has 1 aromatic heterocycles. The lowest BCUT2D eigenvalue weighted by atomic mass is 10.3. The second kappa shape index (κ2) is 8.95. The van der Waals surface area contributed by atoms with Crippen molar-refractivity contribution < 1.29 is 0 Å². The average molecular weight is 378 g/mol. The van der Waals surface area contributed by atoms with E-state index in [1.165, 1.54) is 0 Å². The molecule has 1 aromatic rings. The second-order valence-electron chi connectivity index (χ2n) is 3.97. The molecule has 108 valence electrons. The maximum absolute atomic E-state index is 12.0. The third-order valence-electron chi connectivity index (χ3n) is 2.94. The van der Waals surface area contributed by atoms with Gasteiger partial charge in [-0.25, -0.2) is 4.99 Å². The van der Waals surface area contributed by atoms with Crippen LogP contribution in [0.5, 0.6) is 0 Å². The smallest absolute Gasteiger partial charge is 0.255 e. The normalized spacial score (nSPS) is 11.0. The molecule has 0 amide bonds. The molecule has 0 spiro atoms. The quantitative estimate of drug-likeness (QED) is 0.482. The maximum atomic E-state index is 12.0. The summed E-state index contributed by atoms with van der Waals surface area (Å²) < 4.78 is 1.67. The van der Waals surface area contributed by atoms with Crippen LogP contribution in [0.15, 0.2) is 28.1 Å². The lowest BCUT2D eigenvalue weighted by Gasteiger charge is -2.19. The van der Waals surface area contributed by atoms with Crippen LogP contribution in [0.4, 0.5) is 0 Å². The summed E-state index contributed by atoms with van der Waals surface area (Å²) in [5, 5.41) is 0. The fraction of sp³-hybridized carbons (Fsp3) is 0.538. The van der Waals surface area contributed by atoms with Gasteiger partial charge in [0.25, 0.3) is 5.56 Å². The highest BCUT2D eigenvalue weighted by atomic mass is 127. The van der Waals surface area contributed by atoms with Crippen molar-refractivity contribution in [3.8, 4) is 0 Å². The van der Waals surface area contributed by atoms with Crippen LogP contribution in [0.3, 0.4) is 0 Å². The number of nitrogens with zero attached hydrogens (tertiary/aromatic N) is 3. The number of halogens is 1. The number of aliphatic imine (C=N–C) groups is 1. The van der Waals surface area contributed by atoms with E-state index in [0.29, 0.717) is 24.6 Å². The van der Waals surface area contributed by atoms with Gasteiger partial charge in [0.15, 0.2) is 5.96 Å². The molecule has 5 nitrogen and oxygen atoms in total. The van der Waals surface area contributed by atoms with E-state index in [9.17, 15) is 4.79 Å². The van der Waals surface area contributed by atoms with E-state index in [0.717, 1.165) is 13.1 Å². The van der Waals surface area contributed by atoms with E-state index in [1.54, 1.807) is 16.8 Å². The van der Waals surface area contributed by atoms with Crippen molar-refractivity contribution in [3.05, 3.63) is 34.2 Å². The van der Waals surface area contributed by atoms with E-state index >= 15 is 0 Å². The second-order valence-corrected chi connectivity index (χ2v) is 3.97. The standard InChI is InChI=1S/C13H22N4O.HI/c1-4-16(5-2)13(14)15-10-11-8-7-9-17(6-3)12(11)18;/h7-9H,4-6,10H2,1-3H3,(H2,14,15);1H. The molecule has 0 unspecified atom stereocenters. The Morgan fingerprint density at radius 1 is 1.37 bits per heavy atom. The predicted octanol–water partition coefficient (Wildman–Crippen LogP) is 1.64. The topological polar surface area (TPSA) is 63.6 Å². The minimum Gasteiger partial charge on any atom is -0.370 e. The summed E-state index contributed by atoms with van der Waals surface area (Å²) in [6, 6.07) is 3.66. The maximum Gasteiger partial charge on any atom is 0.255 e. The number of guanidine groups is 1. The van der Waals surface area contributed by atoms with E-state index < -0.39 is 0 Å². The predicted molar refractivity (Wildman–Crippen MR) is 90.0 cm³/mol. The highest BCUT2D eigenvalue weighted by Crippen LogP contribution is 1.96. The first kappa shape index (κ1) is 17.9. The van der Waals surface area contributed by atoms with Gasteiger partial charge in [0, 0.05) is 31.4 Å². The monoisotopic (exact) mass is 378 g/mol. The van der Waals surface area contributed by atoms with Crippen LogP contribution in [-0.2, 0) is 13.1 Å². The van der Waals surface area contributed by atoms with Crippen molar-refractivity contribution in [3.63, 3.8) is 0 Å². The Balaban J connectivity index is 0.00000324. The van der Waals surface area contributed by atoms with Gasteiger partial charge in [0.1, 0.15) is 0 Å². The average Bonchev–Trinajstić information content (AvgIpc) is 2.39. The molecule has 0 atom stereocenters. The van der Waals surface area contributed by atoms with Crippen molar-refractivity contribution in [1.82, 2.24) is 9.47 Å². The Morgan fingerprint density at radius 2 is 2.00 bits per heavy atom. The highest BCUT2D eigenvalue weighted by molar-refractivity contribution is 14.0. The molecule has 19 heavy (non-hydrogen) atoms. The zero-order valence-electron chi connectivity index (χ0n) is 11.8. The third-order valence-corrected chi connectivity index (χ3v) is 2.94. The van der Waals surface area contributed by atoms with Crippen LogP contribution < -0.4 is 11.3 Å². The Kier molecular flexibility index (Phi) is 8.46. The molecule has 0 aliphatic rings. The number of nitrogens with two attached hydrogens (primary N) is 1. The summed E-state index contributed by atoms with van der Waals surface area (Å²) >= 11 is 0. The summed E-state index contributed by atoms with van der Waals surface area (Å²) in [7, 11) is 0. The van der Waals surface area contributed by atoms with Gasteiger partial charge in [0.2, 0.25) is 0 Å². The number of hydrogen-bond acceptors (Lipinski definition) is 2. The molecule has 6 heteroatoms. The molecule has 0 fully saturated rings. The van der Waals surface area contributed by atoms with E-state index in [4.69, 9.17) is 5.73 Å². The van der Waals surface area contributed by atoms with E-state index in [1.807, 2.05) is 31.7 Å². The Morgan fingerprint density at radius 3 is 2.53 bits per heavy atom. The van der Waals surface area contributed by atoms with Gasteiger partial charge in [-0.2, -0.15) is 0 Å². The summed E-state index contributed by atoms with van der Waals surface area (Å²) in [4.78, 5) is 18.2. The molecule has 1 rings (SSSR count). The lowest BCUT2D eigenvalue weighted by Crippen LogP contribution is -2.37. The van der Waals surface area contributed by atoms with Crippen molar-refractivity contribution >= 4 is 29.9 Å². The van der Waals surface area contributed by atoms with E-state index in [2.05, 4.69) is 4.99 Å². The number of hydrogen-bond donors (Lipinski definition) is 1. The van der Waals surface area contributed by atoms with Crippen LogP contribution in [0.1, 0.15) is 26.3 Å². The van der Waals surface area contributed by atoms with Crippen LogP contribution in [0.25, 0.3) is 0 Å². The first-order chi connectivity index (χ1) is 8.63. The lowest BCUT2D eigenvalue weighted by molar-refractivity contribution is 0.458. The Bertz CT molecular complexity index is 466. The Labute approximate surface area is 131 Å². The third kappa shape index (κ3) is 4.85. The van der Waals surface area contributed by atoms with Crippen molar-refractivity contribution in [1.29, 1.82) is 0 Å². The molecular weight excluding hydrogens is 355 g/mol. The molecule has 0 saturated carbocycles. The first-order valence-electron chi connectivity index (χ1n) is 6.37. The molecule has 1 heterocycles. The van der Waals surface area contributed by atoms with Gasteiger partial charge in [0.05, 0.1) is 6.54 Å². The summed E-state index contributed by atoms with van der Waals surface area (Å²) in [6.07, 6.45) is 1.78. The molecule has 0 aliphatic heterocycles. The minimum atomic E-state index is 0. The summed E-state index contributed by atoms with van der Waals surface area (Å²) in [5.41, 5.74) is 6.56. The van der Waals surface area contributed by atoms with Crippen molar-refractivity contribution in [2.75, 3.05) is 13.1 Å². The van der Waals surface area contributed by atoms with Gasteiger partial charge < -0.3 is 15.2 Å². The van der Waals surface area contributed by atoms with Crippen molar-refractivity contribution in [2.24, 2.45) is 10.7 Å². The van der Waals surface area contributed by atoms with Gasteiger partial charge >= 0.3 is 0 Å². The fourth-order valence-corrected chi connectivity index (χ4v) is 1.77. The largest absolute Gasteiger partial charge is 0.370 e. The van der Waals surface area contributed by atoms with Crippen LogP contribution in [0.2, 0.25) is 0 Å². The molecule has 0 aliphatic carbocycles. The van der Waals surface area contributed by atoms with Crippen LogP contribution >= 0.6 is 24.0 Å². The number of pyridine rings is 1. The SMILES string of the molecule is CCN(CC)C(N)=NCc1cccn(CC)c1=O.I. The molecule has 2 N–H and O–H groups in total. The van der Waals surface area contributed by atoms with Crippen LogP contribution in [0, 0.1) is 0 Å². The minimum absolute atomic E-state index is 0. The zero-order valence-corrected chi connectivity index (χ0v) is 14.1. The first-order valence-corrected chi connectivity index (χ1v) is 6.37. The summed E-state index contributed by atoms with van der Waals surface area (Å²) in [5.74, 6) is 0.492. The van der Waals surface area contributed by atoms with E-state index in [-0.39, 0.29) is 29.5 Å². The molecule has 0 radical (unpaired) electrons. The molecule has 0 saturated heterocycles. The number of rotatable bonds is 5. The summed E-state index contributed by atoms with van der Waals surface area (Å²) in [6.45, 7) is 8.64. The number of aryl methyl sites for hydroxylation is 1. The van der Waals surface area contributed by atoms with Gasteiger partial charge in [-0.05, 0) is 26.8 Å². The van der Waals surface area contributed by atoms with Gasteiger partial charge in [-0.3, -0.25) is 4.79 Å². The number of aromatic nitrogens is 1. The van der Waals surface area contributed by atoms with Crippen LogP contribution in [-0.4, -0.2) is 28.5 Å². The zero-order chi connectivity index (χ0) is 13.5. The highest BCUT2D eigenvalue weighted by Gasteiger charge is 2.04. The Hall–Kier alpha value is -1.05. The van der Waals surface area contributed by atoms with Crippen molar-refractivity contribution in [2.45, 2.75) is 33.9 Å². The van der Waals surface area contributed by atoms with Gasteiger partial charge in [-0.15, -0.1) is 24.0 Å². The molecular formula is C13H23IN4O. The van der Waals surface area contributed by atoms with Gasteiger partial charge in [-0.1, -0.05) is 6.07 Å².